The van der Waals surface area contributed by atoms with E-state index in [2.05, 4.69) is 10.6 Å². The predicted octanol–water partition coefficient (Wildman–Crippen LogP) is 1.25. The summed E-state index contributed by atoms with van der Waals surface area (Å²) in [4.78, 5) is 12.2. The summed E-state index contributed by atoms with van der Waals surface area (Å²) in [7, 11) is -3.58. The van der Waals surface area contributed by atoms with E-state index < -0.39 is 10.0 Å². The maximum atomic E-state index is 12.8. The van der Waals surface area contributed by atoms with Crippen LogP contribution in [0, 0.1) is 0 Å². The first-order valence-electron chi connectivity index (χ1n) is 8.59. The summed E-state index contributed by atoms with van der Waals surface area (Å²) in [6.45, 7) is 8.45. The fourth-order valence-corrected chi connectivity index (χ4v) is 4.39. The van der Waals surface area contributed by atoms with Gasteiger partial charge in [0.15, 0.2) is 0 Å². The standard InChI is InChI=1S/C17H27N3O4S.ClH/c1-4-18-9-10-19-17(21)15-5-7-16(8-6-15)25(22,23)20-11-13(2)24-14(3)12-20;/h5-8,13-14,18H,4,9-12H2,1-3H3,(H,19,21);1H. The SMILES string of the molecule is CCNCCNC(=O)c1ccc(S(=O)(=O)N2CC(C)OC(C)C2)cc1.Cl. The van der Waals surface area contributed by atoms with Gasteiger partial charge in [0.2, 0.25) is 10.0 Å². The van der Waals surface area contributed by atoms with Crippen LogP contribution in [0.15, 0.2) is 29.2 Å². The van der Waals surface area contributed by atoms with Crippen molar-refractivity contribution in [1.29, 1.82) is 0 Å². The summed E-state index contributed by atoms with van der Waals surface area (Å²) in [5.74, 6) is -0.213. The molecule has 1 amide bonds. The van der Waals surface area contributed by atoms with Gasteiger partial charge in [0.25, 0.3) is 5.91 Å². The van der Waals surface area contributed by atoms with Gasteiger partial charge in [-0.3, -0.25) is 4.79 Å². The molecule has 0 aromatic heterocycles. The molecule has 0 spiro atoms. The number of rotatable bonds is 7. The average Bonchev–Trinajstić information content (AvgIpc) is 2.58. The number of sulfonamides is 1. The molecule has 1 aromatic carbocycles. The Hall–Kier alpha value is -1.19. The Morgan fingerprint density at radius 1 is 1.15 bits per heavy atom. The molecule has 1 aromatic rings. The molecular weight excluding hydrogens is 378 g/mol. The highest BCUT2D eigenvalue weighted by Crippen LogP contribution is 2.21. The molecule has 7 nitrogen and oxygen atoms in total. The van der Waals surface area contributed by atoms with Crippen molar-refractivity contribution < 1.29 is 17.9 Å². The third kappa shape index (κ3) is 5.92. The van der Waals surface area contributed by atoms with Crippen LogP contribution >= 0.6 is 12.4 Å². The van der Waals surface area contributed by atoms with E-state index in [1.165, 1.54) is 16.4 Å². The molecule has 1 aliphatic rings. The molecule has 0 saturated carbocycles. The maximum absolute atomic E-state index is 12.8. The van der Waals surface area contributed by atoms with Gasteiger partial charge in [-0.2, -0.15) is 4.31 Å². The van der Waals surface area contributed by atoms with Crippen molar-refractivity contribution in [3.63, 3.8) is 0 Å². The van der Waals surface area contributed by atoms with E-state index in [1.54, 1.807) is 12.1 Å². The fraction of sp³-hybridized carbons (Fsp3) is 0.588. The van der Waals surface area contributed by atoms with Crippen LogP contribution in [0.5, 0.6) is 0 Å². The largest absolute Gasteiger partial charge is 0.373 e. The van der Waals surface area contributed by atoms with Crippen molar-refractivity contribution in [2.45, 2.75) is 37.9 Å². The molecule has 2 atom stereocenters. The summed E-state index contributed by atoms with van der Waals surface area (Å²) < 4.78 is 32.6. The minimum Gasteiger partial charge on any atom is -0.373 e. The monoisotopic (exact) mass is 405 g/mol. The van der Waals surface area contributed by atoms with Crippen molar-refractivity contribution >= 4 is 28.3 Å². The van der Waals surface area contributed by atoms with Gasteiger partial charge in [-0.15, -0.1) is 12.4 Å². The molecule has 1 aliphatic heterocycles. The highest BCUT2D eigenvalue weighted by molar-refractivity contribution is 7.89. The second-order valence-electron chi connectivity index (χ2n) is 6.21. The number of benzene rings is 1. The van der Waals surface area contributed by atoms with Gasteiger partial charge in [-0.25, -0.2) is 8.42 Å². The topological polar surface area (TPSA) is 87.7 Å². The first-order chi connectivity index (χ1) is 11.8. The molecule has 148 valence electrons. The van der Waals surface area contributed by atoms with Gasteiger partial charge >= 0.3 is 0 Å². The number of likely N-dealkylation sites (N-methyl/N-ethyl adjacent to an activating group) is 1. The lowest BCUT2D eigenvalue weighted by Crippen LogP contribution is -2.48. The number of nitrogens with zero attached hydrogens (tertiary/aromatic N) is 1. The Morgan fingerprint density at radius 3 is 2.27 bits per heavy atom. The molecular formula is C17H28ClN3O4S. The number of ether oxygens (including phenoxy) is 1. The number of halogens is 1. The summed E-state index contributed by atoms with van der Waals surface area (Å²) in [5, 5.41) is 5.91. The number of amides is 1. The van der Waals surface area contributed by atoms with E-state index in [0.29, 0.717) is 31.7 Å². The number of carbonyl (C=O) groups is 1. The lowest BCUT2D eigenvalue weighted by Gasteiger charge is -2.34. The van der Waals surface area contributed by atoms with Gasteiger partial charge in [-0.1, -0.05) is 6.92 Å². The van der Waals surface area contributed by atoms with Crippen molar-refractivity contribution in [3.05, 3.63) is 29.8 Å². The first-order valence-corrected chi connectivity index (χ1v) is 10.0. The quantitative estimate of drug-likeness (QED) is 0.666. The van der Waals surface area contributed by atoms with Crippen molar-refractivity contribution in [1.82, 2.24) is 14.9 Å². The predicted molar refractivity (Wildman–Crippen MR) is 103 cm³/mol. The third-order valence-electron chi connectivity index (χ3n) is 3.98. The molecule has 0 aliphatic carbocycles. The zero-order chi connectivity index (χ0) is 18.4. The molecule has 1 heterocycles. The van der Waals surface area contributed by atoms with Crippen LogP contribution in [0.3, 0.4) is 0 Å². The van der Waals surface area contributed by atoms with Gasteiger partial charge in [-0.05, 0) is 44.7 Å². The minimum absolute atomic E-state index is 0. The van der Waals surface area contributed by atoms with E-state index in [0.717, 1.165) is 6.54 Å². The van der Waals surface area contributed by atoms with Gasteiger partial charge < -0.3 is 15.4 Å². The molecule has 9 heteroatoms. The minimum atomic E-state index is -3.58. The second kappa shape index (κ2) is 10.2. The zero-order valence-corrected chi connectivity index (χ0v) is 17.0. The van der Waals surface area contributed by atoms with Crippen LogP contribution < -0.4 is 10.6 Å². The highest BCUT2D eigenvalue weighted by Gasteiger charge is 2.32. The van der Waals surface area contributed by atoms with Crippen LogP contribution in [0.25, 0.3) is 0 Å². The molecule has 0 radical (unpaired) electrons. The van der Waals surface area contributed by atoms with Crippen LogP contribution in [0.2, 0.25) is 0 Å². The number of carbonyl (C=O) groups excluding carboxylic acids is 1. The van der Waals surface area contributed by atoms with Gasteiger partial charge in [0, 0.05) is 31.7 Å². The number of morpholine rings is 1. The molecule has 2 unspecified atom stereocenters. The molecule has 0 bridgehead atoms. The van der Waals surface area contributed by atoms with Gasteiger partial charge in [0.1, 0.15) is 0 Å². The summed E-state index contributed by atoms with van der Waals surface area (Å²) in [6, 6.07) is 6.06. The van der Waals surface area contributed by atoms with Crippen LogP contribution in [-0.2, 0) is 14.8 Å². The van der Waals surface area contributed by atoms with E-state index in [-0.39, 0.29) is 35.4 Å². The Morgan fingerprint density at radius 2 is 1.73 bits per heavy atom. The van der Waals surface area contributed by atoms with Crippen molar-refractivity contribution in [3.8, 4) is 0 Å². The number of hydrogen-bond acceptors (Lipinski definition) is 5. The lowest BCUT2D eigenvalue weighted by atomic mass is 10.2. The lowest BCUT2D eigenvalue weighted by molar-refractivity contribution is -0.0440. The van der Waals surface area contributed by atoms with Crippen LogP contribution in [0.1, 0.15) is 31.1 Å². The van der Waals surface area contributed by atoms with Crippen LogP contribution in [0.4, 0.5) is 0 Å². The molecule has 2 rings (SSSR count). The zero-order valence-electron chi connectivity index (χ0n) is 15.4. The molecule has 1 saturated heterocycles. The van der Waals surface area contributed by atoms with Crippen molar-refractivity contribution in [2.24, 2.45) is 0 Å². The van der Waals surface area contributed by atoms with E-state index in [1.807, 2.05) is 20.8 Å². The number of nitrogens with one attached hydrogen (secondary N) is 2. The maximum Gasteiger partial charge on any atom is 0.251 e. The van der Waals surface area contributed by atoms with Crippen molar-refractivity contribution in [2.75, 3.05) is 32.7 Å². The van der Waals surface area contributed by atoms with E-state index in [9.17, 15) is 13.2 Å². The first kappa shape index (κ1) is 22.9. The molecule has 2 N–H and O–H groups in total. The Balaban J connectivity index is 0.00000338. The van der Waals surface area contributed by atoms with Gasteiger partial charge in [0.05, 0.1) is 17.1 Å². The summed E-state index contributed by atoms with van der Waals surface area (Å²) in [6.07, 6.45) is -0.277. The average molecular weight is 406 g/mol. The molecule has 1 fully saturated rings. The third-order valence-corrected chi connectivity index (χ3v) is 5.82. The van der Waals surface area contributed by atoms with E-state index in [4.69, 9.17) is 4.74 Å². The Kier molecular flexibility index (Phi) is 8.99. The smallest absolute Gasteiger partial charge is 0.251 e. The van der Waals surface area contributed by atoms with Crippen LogP contribution in [-0.4, -0.2) is 63.6 Å². The Labute approximate surface area is 161 Å². The summed E-state index contributed by atoms with van der Waals surface area (Å²) in [5.41, 5.74) is 0.444. The molecule has 26 heavy (non-hydrogen) atoms. The normalized spacial score (nSPS) is 21.0. The Bertz CT molecular complexity index is 672. The van der Waals surface area contributed by atoms with E-state index >= 15 is 0 Å². The fourth-order valence-electron chi connectivity index (χ4n) is 2.80. The number of hydrogen-bond donors (Lipinski definition) is 2. The second-order valence-corrected chi connectivity index (χ2v) is 8.15. The summed E-state index contributed by atoms with van der Waals surface area (Å²) >= 11 is 0. The highest BCUT2D eigenvalue weighted by atomic mass is 35.5.